The van der Waals surface area contributed by atoms with Crippen molar-refractivity contribution in [2.75, 3.05) is 20.1 Å². The van der Waals surface area contributed by atoms with E-state index in [4.69, 9.17) is 0 Å². The molecule has 0 unspecified atom stereocenters. The average Bonchev–Trinajstić information content (AvgIpc) is 2.97. The van der Waals surface area contributed by atoms with Gasteiger partial charge in [-0.1, -0.05) is 49.2 Å². The van der Waals surface area contributed by atoms with Crippen LogP contribution in [0.25, 0.3) is 0 Å². The summed E-state index contributed by atoms with van der Waals surface area (Å²) >= 11 is 0. The highest BCUT2D eigenvalue weighted by Gasteiger charge is 2.20. The van der Waals surface area contributed by atoms with Crippen LogP contribution in [0.5, 0.6) is 0 Å². The Morgan fingerprint density at radius 1 is 0.923 bits per heavy atom. The molecule has 136 valence electrons. The SMILES string of the molecule is CN(Cc1ccccc1)C(=O)c1cccc(C(=O)N2CCCCCC2)n1. The summed E-state index contributed by atoms with van der Waals surface area (Å²) in [7, 11) is 1.75. The van der Waals surface area contributed by atoms with E-state index in [1.165, 1.54) is 12.8 Å². The molecule has 5 heteroatoms. The molecule has 2 aromatic rings. The van der Waals surface area contributed by atoms with Crippen LogP contribution in [0.2, 0.25) is 0 Å². The van der Waals surface area contributed by atoms with Gasteiger partial charge >= 0.3 is 0 Å². The molecule has 2 heterocycles. The summed E-state index contributed by atoms with van der Waals surface area (Å²) < 4.78 is 0. The van der Waals surface area contributed by atoms with Gasteiger partial charge in [0.15, 0.2) is 0 Å². The van der Waals surface area contributed by atoms with Gasteiger partial charge in [-0.25, -0.2) is 4.98 Å². The fraction of sp³-hybridized carbons (Fsp3) is 0.381. The molecule has 2 amide bonds. The van der Waals surface area contributed by atoms with E-state index in [9.17, 15) is 9.59 Å². The Hall–Kier alpha value is -2.69. The van der Waals surface area contributed by atoms with Crippen LogP contribution >= 0.6 is 0 Å². The number of likely N-dealkylation sites (tertiary alicyclic amines) is 1. The third-order valence-electron chi connectivity index (χ3n) is 4.69. The first-order valence-electron chi connectivity index (χ1n) is 9.21. The molecule has 0 atom stereocenters. The Morgan fingerprint density at radius 3 is 2.27 bits per heavy atom. The van der Waals surface area contributed by atoms with Gasteiger partial charge in [0, 0.05) is 26.7 Å². The van der Waals surface area contributed by atoms with Crippen LogP contribution in [0.1, 0.15) is 52.2 Å². The molecule has 1 aliphatic rings. The molecule has 0 spiro atoms. The lowest BCUT2D eigenvalue weighted by Gasteiger charge is -2.20. The van der Waals surface area contributed by atoms with Gasteiger partial charge in [0.2, 0.25) is 0 Å². The highest BCUT2D eigenvalue weighted by Crippen LogP contribution is 2.13. The maximum atomic E-state index is 12.7. The summed E-state index contributed by atoms with van der Waals surface area (Å²) in [5, 5.41) is 0. The first-order valence-corrected chi connectivity index (χ1v) is 9.21. The molecule has 0 N–H and O–H groups in total. The number of rotatable bonds is 4. The molecule has 0 bridgehead atoms. The molecular formula is C21H25N3O2. The van der Waals surface area contributed by atoms with E-state index in [0.717, 1.165) is 31.5 Å². The van der Waals surface area contributed by atoms with Crippen molar-refractivity contribution in [2.24, 2.45) is 0 Å². The van der Waals surface area contributed by atoms with Crippen molar-refractivity contribution in [3.63, 3.8) is 0 Å². The zero-order valence-electron chi connectivity index (χ0n) is 15.2. The minimum atomic E-state index is -0.181. The van der Waals surface area contributed by atoms with E-state index in [2.05, 4.69) is 4.98 Å². The monoisotopic (exact) mass is 351 g/mol. The smallest absolute Gasteiger partial charge is 0.272 e. The second-order valence-corrected chi connectivity index (χ2v) is 6.76. The molecule has 1 aromatic carbocycles. The molecule has 0 saturated carbocycles. The fourth-order valence-corrected chi connectivity index (χ4v) is 3.23. The van der Waals surface area contributed by atoms with Crippen LogP contribution in [0, 0.1) is 0 Å². The number of benzene rings is 1. The van der Waals surface area contributed by atoms with Crippen molar-refractivity contribution >= 4 is 11.8 Å². The number of pyridine rings is 1. The van der Waals surface area contributed by atoms with E-state index >= 15 is 0 Å². The Balaban J connectivity index is 1.71. The highest BCUT2D eigenvalue weighted by atomic mass is 16.2. The van der Waals surface area contributed by atoms with Gasteiger partial charge in [-0.05, 0) is 30.5 Å². The largest absolute Gasteiger partial charge is 0.337 e. The lowest BCUT2D eigenvalue weighted by molar-refractivity contribution is 0.0753. The van der Waals surface area contributed by atoms with E-state index in [1.54, 1.807) is 30.1 Å². The van der Waals surface area contributed by atoms with Crippen LogP contribution in [0.4, 0.5) is 0 Å². The van der Waals surface area contributed by atoms with Crippen LogP contribution in [0.15, 0.2) is 48.5 Å². The zero-order chi connectivity index (χ0) is 18.4. The molecular weight excluding hydrogens is 326 g/mol. The molecule has 1 aliphatic heterocycles. The summed E-state index contributed by atoms with van der Waals surface area (Å²) in [6.07, 6.45) is 4.40. The number of aromatic nitrogens is 1. The number of hydrogen-bond acceptors (Lipinski definition) is 3. The molecule has 1 aromatic heterocycles. The van der Waals surface area contributed by atoms with Gasteiger partial charge < -0.3 is 9.80 Å². The van der Waals surface area contributed by atoms with Crippen molar-refractivity contribution in [1.82, 2.24) is 14.8 Å². The van der Waals surface area contributed by atoms with Crippen molar-refractivity contribution in [1.29, 1.82) is 0 Å². The van der Waals surface area contributed by atoms with Gasteiger partial charge in [0.25, 0.3) is 11.8 Å². The first kappa shape index (κ1) is 18.1. The summed E-state index contributed by atoms with van der Waals surface area (Å²) in [6, 6.07) is 14.9. The van der Waals surface area contributed by atoms with Gasteiger partial charge in [-0.3, -0.25) is 9.59 Å². The molecule has 26 heavy (non-hydrogen) atoms. The molecule has 5 nitrogen and oxygen atoms in total. The topological polar surface area (TPSA) is 53.5 Å². The Labute approximate surface area is 154 Å². The summed E-state index contributed by atoms with van der Waals surface area (Å²) in [5.74, 6) is -0.258. The molecule has 1 saturated heterocycles. The van der Waals surface area contributed by atoms with Gasteiger partial charge in [-0.2, -0.15) is 0 Å². The van der Waals surface area contributed by atoms with Crippen LogP contribution in [-0.2, 0) is 6.54 Å². The van der Waals surface area contributed by atoms with Gasteiger partial charge in [-0.15, -0.1) is 0 Å². The van der Waals surface area contributed by atoms with Crippen LogP contribution in [-0.4, -0.2) is 46.7 Å². The average molecular weight is 351 g/mol. The van der Waals surface area contributed by atoms with Gasteiger partial charge in [0.1, 0.15) is 11.4 Å². The third kappa shape index (κ3) is 4.48. The maximum absolute atomic E-state index is 12.7. The third-order valence-corrected chi connectivity index (χ3v) is 4.69. The number of nitrogens with zero attached hydrogens (tertiary/aromatic N) is 3. The van der Waals surface area contributed by atoms with Gasteiger partial charge in [0.05, 0.1) is 0 Å². The van der Waals surface area contributed by atoms with E-state index in [1.807, 2.05) is 35.2 Å². The number of carbonyl (C=O) groups excluding carboxylic acids is 2. The molecule has 0 radical (unpaired) electrons. The normalized spacial score (nSPS) is 14.6. The van der Waals surface area contributed by atoms with Crippen molar-refractivity contribution in [3.8, 4) is 0 Å². The summed E-state index contributed by atoms with van der Waals surface area (Å²) in [6.45, 7) is 2.05. The minimum absolute atomic E-state index is 0.0766. The molecule has 3 rings (SSSR count). The van der Waals surface area contributed by atoms with E-state index < -0.39 is 0 Å². The molecule has 1 fully saturated rings. The van der Waals surface area contributed by atoms with E-state index in [-0.39, 0.29) is 11.8 Å². The maximum Gasteiger partial charge on any atom is 0.272 e. The Bertz CT molecular complexity index is 753. The second kappa shape index (κ2) is 8.61. The highest BCUT2D eigenvalue weighted by molar-refractivity contribution is 5.96. The predicted octanol–water partition coefficient (Wildman–Crippen LogP) is 3.37. The minimum Gasteiger partial charge on any atom is -0.337 e. The lowest BCUT2D eigenvalue weighted by Crippen LogP contribution is -2.33. The first-order chi connectivity index (χ1) is 12.6. The van der Waals surface area contributed by atoms with Crippen molar-refractivity contribution < 1.29 is 9.59 Å². The van der Waals surface area contributed by atoms with Crippen molar-refractivity contribution in [2.45, 2.75) is 32.2 Å². The second-order valence-electron chi connectivity index (χ2n) is 6.76. The van der Waals surface area contributed by atoms with Crippen LogP contribution < -0.4 is 0 Å². The Morgan fingerprint density at radius 2 is 1.58 bits per heavy atom. The standard InChI is InChI=1S/C21H25N3O2/c1-23(16-17-10-5-4-6-11-17)20(25)18-12-9-13-19(22-18)21(26)24-14-7-2-3-8-15-24/h4-6,9-13H,2-3,7-8,14-16H2,1H3. The quantitative estimate of drug-likeness (QED) is 0.849. The number of carbonyl (C=O) groups is 2. The van der Waals surface area contributed by atoms with Crippen molar-refractivity contribution in [3.05, 3.63) is 65.5 Å². The zero-order valence-corrected chi connectivity index (χ0v) is 15.2. The number of amides is 2. The van der Waals surface area contributed by atoms with E-state index in [0.29, 0.717) is 17.9 Å². The fourth-order valence-electron chi connectivity index (χ4n) is 3.23. The predicted molar refractivity (Wildman–Crippen MR) is 101 cm³/mol. The summed E-state index contributed by atoms with van der Waals surface area (Å²) in [5.41, 5.74) is 1.72. The summed E-state index contributed by atoms with van der Waals surface area (Å²) in [4.78, 5) is 33.3. The Kier molecular flexibility index (Phi) is 6.00. The lowest BCUT2D eigenvalue weighted by atomic mass is 10.2. The molecule has 0 aliphatic carbocycles. The number of hydrogen-bond donors (Lipinski definition) is 0. The van der Waals surface area contributed by atoms with Crippen LogP contribution in [0.3, 0.4) is 0 Å².